The van der Waals surface area contributed by atoms with Crippen molar-refractivity contribution in [2.24, 2.45) is 16.1 Å². The van der Waals surface area contributed by atoms with Crippen molar-refractivity contribution in [2.45, 2.75) is 43.2 Å². The highest BCUT2D eigenvalue weighted by Gasteiger charge is 2.62. The number of hydroxylamine groups is 2. The number of nitrogens with two attached hydrogens (primary N) is 1. The molecule has 3 aliphatic rings. The van der Waals surface area contributed by atoms with Gasteiger partial charge in [0.1, 0.15) is 0 Å². The summed E-state index contributed by atoms with van der Waals surface area (Å²) in [5, 5.41) is 2.47. The van der Waals surface area contributed by atoms with E-state index in [9.17, 15) is 0 Å². The normalized spacial score (nSPS) is 25.4. The van der Waals surface area contributed by atoms with Gasteiger partial charge in [-0.2, -0.15) is 0 Å². The molecule has 0 saturated heterocycles. The van der Waals surface area contributed by atoms with E-state index in [1.807, 2.05) is 7.05 Å². The highest BCUT2D eigenvalue weighted by molar-refractivity contribution is 9.08. The van der Waals surface area contributed by atoms with Crippen LogP contribution in [-0.2, 0) is 35.2 Å². The summed E-state index contributed by atoms with van der Waals surface area (Å²) in [6.45, 7) is 0. The molecule has 5 heteroatoms. The molecule has 2 aromatic rings. The summed E-state index contributed by atoms with van der Waals surface area (Å²) in [6.07, 6.45) is 5.20. The summed E-state index contributed by atoms with van der Waals surface area (Å²) in [6, 6.07) is 15.6. The number of aryl methyl sites for hydroxylation is 2. The van der Waals surface area contributed by atoms with Crippen LogP contribution in [0.1, 0.15) is 40.7 Å². The average Bonchev–Trinajstić information content (AvgIpc) is 3.03. The molecule has 1 aliphatic heterocycles. The van der Waals surface area contributed by atoms with Crippen LogP contribution < -0.4 is 5.73 Å². The molecule has 0 amide bonds. The van der Waals surface area contributed by atoms with Gasteiger partial charge < -0.3 is 5.73 Å². The van der Waals surface area contributed by atoms with E-state index in [0.29, 0.717) is 5.96 Å². The first-order chi connectivity index (χ1) is 13.1. The Morgan fingerprint density at radius 1 is 1.11 bits per heavy atom. The number of hydrogen-bond acceptors (Lipinski definition) is 4. The Balaban J connectivity index is 1.65. The summed E-state index contributed by atoms with van der Waals surface area (Å²) < 4.78 is 0. The summed E-state index contributed by atoms with van der Waals surface area (Å²) in [4.78, 5) is 11.5. The molecule has 0 fully saturated rings. The minimum absolute atomic E-state index is 0.0747. The minimum atomic E-state index is -0.707. The van der Waals surface area contributed by atoms with Gasteiger partial charge in [-0.05, 0) is 60.4 Å². The molecule has 1 heterocycles. The molecular formula is C22H24BrN3O. The van der Waals surface area contributed by atoms with Crippen LogP contribution in [0.2, 0.25) is 0 Å². The first kappa shape index (κ1) is 17.3. The van der Waals surface area contributed by atoms with Crippen molar-refractivity contribution in [3.63, 3.8) is 0 Å². The molecule has 5 rings (SSSR count). The second-order valence-electron chi connectivity index (χ2n) is 8.05. The molecule has 2 spiro atoms. The van der Waals surface area contributed by atoms with Gasteiger partial charge in [0, 0.05) is 23.4 Å². The monoisotopic (exact) mass is 425 g/mol. The fourth-order valence-electron chi connectivity index (χ4n) is 5.20. The predicted octanol–water partition coefficient (Wildman–Crippen LogP) is 4.05. The lowest BCUT2D eigenvalue weighted by Gasteiger charge is -2.40. The van der Waals surface area contributed by atoms with E-state index < -0.39 is 5.72 Å². The molecule has 1 atom stereocenters. The zero-order valence-electron chi connectivity index (χ0n) is 15.5. The number of aliphatic imine (C=N–C) groups is 1. The molecule has 0 radical (unpaired) electrons. The van der Waals surface area contributed by atoms with Gasteiger partial charge >= 0.3 is 0 Å². The number of alkyl halides is 1. The first-order valence-electron chi connectivity index (χ1n) is 9.60. The number of guanidine groups is 1. The summed E-state index contributed by atoms with van der Waals surface area (Å²) in [7, 11) is 1.86. The van der Waals surface area contributed by atoms with Crippen molar-refractivity contribution >= 4 is 21.9 Å². The van der Waals surface area contributed by atoms with Gasteiger partial charge in [-0.15, -0.1) is 0 Å². The van der Waals surface area contributed by atoms with Crippen molar-refractivity contribution in [3.05, 3.63) is 70.3 Å². The first-order valence-corrected chi connectivity index (χ1v) is 10.7. The van der Waals surface area contributed by atoms with Gasteiger partial charge in [-0.25, -0.2) is 14.9 Å². The molecule has 1 unspecified atom stereocenters. The van der Waals surface area contributed by atoms with Gasteiger partial charge in [-0.3, -0.25) is 0 Å². The van der Waals surface area contributed by atoms with Gasteiger partial charge in [0.2, 0.25) is 11.7 Å². The fourth-order valence-corrected chi connectivity index (χ4v) is 5.55. The van der Waals surface area contributed by atoms with Crippen LogP contribution in [0.4, 0.5) is 0 Å². The maximum atomic E-state index is 6.49. The van der Waals surface area contributed by atoms with Crippen molar-refractivity contribution in [2.75, 3.05) is 7.05 Å². The largest absolute Gasteiger partial charge is 0.368 e. The third-order valence-electron chi connectivity index (χ3n) is 6.67. The topological polar surface area (TPSA) is 50.8 Å². The standard InChI is InChI=1S/C22H24BrN3O/c1-26-20(24)25-22(27-26)19-12-15(14-23)6-7-18(19)13-21(22)10-8-16-4-2-3-5-17(16)9-11-21/h2-7,12H,8-11,13-14H2,1H3,(H2,24,25). The molecule has 27 heavy (non-hydrogen) atoms. The van der Waals surface area contributed by atoms with Gasteiger partial charge in [0.05, 0.1) is 0 Å². The number of benzene rings is 2. The quantitative estimate of drug-likeness (QED) is 0.701. The average molecular weight is 426 g/mol. The SMILES string of the molecule is CN1OC2(N=C1N)c1cc(CBr)ccc1CC21CCc2ccccc2CC1. The van der Waals surface area contributed by atoms with E-state index >= 15 is 0 Å². The second-order valence-corrected chi connectivity index (χ2v) is 8.61. The fraction of sp³-hybridized carbons (Fsp3) is 0.409. The molecule has 4 nitrogen and oxygen atoms in total. The van der Waals surface area contributed by atoms with Crippen LogP contribution in [-0.4, -0.2) is 18.1 Å². The maximum Gasteiger partial charge on any atom is 0.220 e. The Morgan fingerprint density at radius 2 is 1.81 bits per heavy atom. The molecular weight excluding hydrogens is 402 g/mol. The Hall–Kier alpha value is -1.85. The Morgan fingerprint density at radius 3 is 2.41 bits per heavy atom. The van der Waals surface area contributed by atoms with E-state index in [1.165, 1.54) is 27.8 Å². The lowest BCUT2D eigenvalue weighted by Crippen LogP contribution is -2.43. The van der Waals surface area contributed by atoms with Crippen molar-refractivity contribution in [1.29, 1.82) is 0 Å². The van der Waals surface area contributed by atoms with Crippen LogP contribution in [0.25, 0.3) is 0 Å². The van der Waals surface area contributed by atoms with E-state index in [2.05, 4.69) is 58.4 Å². The number of nitrogens with zero attached hydrogens (tertiary/aromatic N) is 2. The molecule has 0 aromatic heterocycles. The smallest absolute Gasteiger partial charge is 0.220 e. The summed E-state index contributed by atoms with van der Waals surface area (Å²) in [5.74, 6) is 0.466. The van der Waals surface area contributed by atoms with E-state index in [-0.39, 0.29) is 5.41 Å². The molecule has 0 saturated carbocycles. The molecule has 140 valence electrons. The Labute approximate surface area is 168 Å². The van der Waals surface area contributed by atoms with Gasteiger partial charge in [0.25, 0.3) is 0 Å². The predicted molar refractivity (Wildman–Crippen MR) is 110 cm³/mol. The van der Waals surface area contributed by atoms with Gasteiger partial charge in [-0.1, -0.05) is 52.3 Å². The molecule has 2 N–H and O–H groups in total. The van der Waals surface area contributed by atoms with E-state index in [0.717, 1.165) is 37.4 Å². The zero-order chi connectivity index (χ0) is 18.6. The van der Waals surface area contributed by atoms with Crippen LogP contribution in [0.15, 0.2) is 47.5 Å². The third kappa shape index (κ3) is 2.41. The Kier molecular flexibility index (Phi) is 3.89. The summed E-state index contributed by atoms with van der Waals surface area (Å²) in [5.41, 5.74) is 12.1. The van der Waals surface area contributed by atoms with E-state index in [4.69, 9.17) is 15.6 Å². The second kappa shape index (κ2) is 6.08. The lowest BCUT2D eigenvalue weighted by molar-refractivity contribution is -0.224. The van der Waals surface area contributed by atoms with Crippen LogP contribution in [0, 0.1) is 5.41 Å². The van der Waals surface area contributed by atoms with E-state index in [1.54, 1.807) is 5.06 Å². The van der Waals surface area contributed by atoms with Crippen LogP contribution >= 0.6 is 15.9 Å². The summed E-state index contributed by atoms with van der Waals surface area (Å²) >= 11 is 3.59. The van der Waals surface area contributed by atoms with Crippen molar-refractivity contribution in [3.8, 4) is 0 Å². The zero-order valence-corrected chi connectivity index (χ0v) is 17.1. The number of hydrogen-bond donors (Lipinski definition) is 1. The Bertz CT molecular complexity index is 914. The molecule has 2 aromatic carbocycles. The number of fused-ring (bicyclic) bond motifs is 4. The van der Waals surface area contributed by atoms with Gasteiger partial charge in [0.15, 0.2) is 0 Å². The van der Waals surface area contributed by atoms with Crippen molar-refractivity contribution in [1.82, 2.24) is 5.06 Å². The minimum Gasteiger partial charge on any atom is -0.368 e. The maximum absolute atomic E-state index is 6.49. The number of rotatable bonds is 1. The highest BCUT2D eigenvalue weighted by Crippen LogP contribution is 2.60. The van der Waals surface area contributed by atoms with Crippen molar-refractivity contribution < 1.29 is 4.84 Å². The third-order valence-corrected chi connectivity index (χ3v) is 7.32. The molecule has 2 aliphatic carbocycles. The number of halogens is 1. The lowest BCUT2D eigenvalue weighted by atomic mass is 9.71. The van der Waals surface area contributed by atoms with Crippen LogP contribution in [0.3, 0.4) is 0 Å². The highest BCUT2D eigenvalue weighted by atomic mass is 79.9. The molecule has 0 bridgehead atoms. The van der Waals surface area contributed by atoms with Crippen LogP contribution in [0.5, 0.6) is 0 Å².